The summed E-state index contributed by atoms with van der Waals surface area (Å²) in [4.78, 5) is 29.4. The molecule has 0 fully saturated rings. The summed E-state index contributed by atoms with van der Waals surface area (Å²) in [6, 6.07) is 12.8. The maximum absolute atomic E-state index is 12.8. The molecule has 1 atom stereocenters. The van der Waals surface area contributed by atoms with Gasteiger partial charge in [0.25, 0.3) is 5.91 Å². The fourth-order valence-electron chi connectivity index (χ4n) is 2.40. The first-order valence-electron chi connectivity index (χ1n) is 8.67. The van der Waals surface area contributed by atoms with Gasteiger partial charge in [-0.05, 0) is 31.4 Å². The molecule has 0 aliphatic carbocycles. The lowest BCUT2D eigenvalue weighted by Gasteiger charge is -2.21. The molecule has 1 unspecified atom stereocenters. The number of carboxylic acids is 1. The van der Waals surface area contributed by atoms with Gasteiger partial charge in [-0.3, -0.25) is 9.59 Å². The highest BCUT2D eigenvalue weighted by Gasteiger charge is 2.19. The third kappa shape index (κ3) is 5.88. The molecule has 26 heavy (non-hydrogen) atoms. The zero-order chi connectivity index (χ0) is 18.9. The number of pyridine rings is 1. The minimum Gasteiger partial charge on any atom is -0.480 e. The van der Waals surface area contributed by atoms with Crippen molar-refractivity contribution in [3.05, 3.63) is 59.8 Å². The smallest absolute Gasteiger partial charge is 0.323 e. The molecular formula is C20H24N2O4. The fraction of sp³-hybridized carbons (Fsp3) is 0.350. The lowest BCUT2D eigenvalue weighted by molar-refractivity contribution is -0.137. The van der Waals surface area contributed by atoms with Crippen LogP contribution in [0.25, 0.3) is 0 Å². The second kappa shape index (κ2) is 9.56. The zero-order valence-corrected chi connectivity index (χ0v) is 15.1. The number of carbonyl (C=O) groups is 2. The van der Waals surface area contributed by atoms with Crippen LogP contribution in [-0.2, 0) is 11.2 Å². The standard InChI is InChI=1S/C20H24N2O4/c1-3-15(2)26-18-13-17(9-11-21-18)20(25)22(14-19(23)24)12-10-16-7-5-4-6-8-16/h4-9,11,13,15H,3,10,12,14H2,1-2H3,(H,23,24). The van der Waals surface area contributed by atoms with Crippen LogP contribution in [0.4, 0.5) is 0 Å². The molecule has 0 aliphatic heterocycles. The van der Waals surface area contributed by atoms with Crippen molar-refractivity contribution < 1.29 is 19.4 Å². The molecule has 6 nitrogen and oxygen atoms in total. The van der Waals surface area contributed by atoms with Gasteiger partial charge in [-0.15, -0.1) is 0 Å². The summed E-state index contributed by atoms with van der Waals surface area (Å²) in [6.45, 7) is 3.89. The lowest BCUT2D eigenvalue weighted by Crippen LogP contribution is -2.37. The Morgan fingerprint density at radius 3 is 2.62 bits per heavy atom. The first-order chi connectivity index (χ1) is 12.5. The number of hydrogen-bond acceptors (Lipinski definition) is 4. The molecule has 1 heterocycles. The van der Waals surface area contributed by atoms with Gasteiger partial charge in [-0.2, -0.15) is 0 Å². The van der Waals surface area contributed by atoms with Crippen LogP contribution in [0.15, 0.2) is 48.7 Å². The molecule has 0 saturated heterocycles. The Bertz CT molecular complexity index is 734. The Balaban J connectivity index is 2.12. The third-order valence-corrected chi connectivity index (χ3v) is 4.01. The number of amides is 1. The average Bonchev–Trinajstić information content (AvgIpc) is 2.65. The molecule has 0 radical (unpaired) electrons. The Kier molecular flexibility index (Phi) is 7.14. The van der Waals surface area contributed by atoms with E-state index in [0.717, 1.165) is 12.0 Å². The van der Waals surface area contributed by atoms with Crippen molar-refractivity contribution in [2.24, 2.45) is 0 Å². The van der Waals surface area contributed by atoms with E-state index < -0.39 is 5.97 Å². The number of ether oxygens (including phenoxy) is 1. The molecule has 0 saturated carbocycles. The van der Waals surface area contributed by atoms with Crippen LogP contribution in [0.5, 0.6) is 5.88 Å². The van der Waals surface area contributed by atoms with Gasteiger partial charge in [-0.1, -0.05) is 37.3 Å². The van der Waals surface area contributed by atoms with Gasteiger partial charge >= 0.3 is 5.97 Å². The lowest BCUT2D eigenvalue weighted by atomic mass is 10.1. The summed E-state index contributed by atoms with van der Waals surface area (Å²) in [6.07, 6.45) is 2.89. The maximum Gasteiger partial charge on any atom is 0.323 e. The van der Waals surface area contributed by atoms with Gasteiger partial charge in [0.05, 0.1) is 6.10 Å². The minimum absolute atomic E-state index is 0.0129. The normalized spacial score (nSPS) is 11.6. The van der Waals surface area contributed by atoms with Crippen molar-refractivity contribution in [1.82, 2.24) is 9.88 Å². The molecule has 1 aromatic carbocycles. The number of carbonyl (C=O) groups excluding carboxylic acids is 1. The average molecular weight is 356 g/mol. The van der Waals surface area contributed by atoms with E-state index in [1.165, 1.54) is 11.1 Å². The van der Waals surface area contributed by atoms with Gasteiger partial charge in [0.15, 0.2) is 0 Å². The summed E-state index contributed by atoms with van der Waals surface area (Å²) in [5.74, 6) is -1.03. The molecular weight excluding hydrogens is 332 g/mol. The van der Waals surface area contributed by atoms with Crippen LogP contribution < -0.4 is 4.74 Å². The molecule has 1 aromatic heterocycles. The van der Waals surface area contributed by atoms with Crippen LogP contribution >= 0.6 is 0 Å². The number of aromatic nitrogens is 1. The highest BCUT2D eigenvalue weighted by Crippen LogP contribution is 2.15. The van der Waals surface area contributed by atoms with Crippen molar-refractivity contribution in [1.29, 1.82) is 0 Å². The molecule has 0 bridgehead atoms. The third-order valence-electron chi connectivity index (χ3n) is 4.01. The summed E-state index contributed by atoms with van der Waals surface area (Å²) >= 11 is 0. The summed E-state index contributed by atoms with van der Waals surface area (Å²) in [7, 11) is 0. The van der Waals surface area contributed by atoms with Crippen molar-refractivity contribution in [2.75, 3.05) is 13.1 Å². The molecule has 2 rings (SSSR count). The summed E-state index contributed by atoms with van der Waals surface area (Å²) in [5, 5.41) is 9.15. The number of aliphatic carboxylic acids is 1. The van der Waals surface area contributed by atoms with E-state index in [-0.39, 0.29) is 18.6 Å². The van der Waals surface area contributed by atoms with E-state index in [9.17, 15) is 9.59 Å². The van der Waals surface area contributed by atoms with Crippen LogP contribution in [0, 0.1) is 0 Å². The quantitative estimate of drug-likeness (QED) is 0.747. The van der Waals surface area contributed by atoms with Crippen molar-refractivity contribution in [3.63, 3.8) is 0 Å². The second-order valence-corrected chi connectivity index (χ2v) is 6.08. The predicted molar refractivity (Wildman–Crippen MR) is 98.3 cm³/mol. The molecule has 1 N–H and O–H groups in total. The molecule has 2 aromatic rings. The molecule has 1 amide bonds. The maximum atomic E-state index is 12.8. The minimum atomic E-state index is -1.04. The first kappa shape index (κ1) is 19.4. The van der Waals surface area contributed by atoms with Crippen LogP contribution in [0.1, 0.15) is 36.2 Å². The number of nitrogens with zero attached hydrogens (tertiary/aromatic N) is 2. The molecule has 0 aliphatic rings. The number of carboxylic acid groups (broad SMARTS) is 1. The Labute approximate surface area is 153 Å². The molecule has 138 valence electrons. The second-order valence-electron chi connectivity index (χ2n) is 6.08. The van der Waals surface area contributed by atoms with Crippen molar-refractivity contribution >= 4 is 11.9 Å². The fourth-order valence-corrected chi connectivity index (χ4v) is 2.40. The van der Waals surface area contributed by atoms with Crippen molar-refractivity contribution in [3.8, 4) is 5.88 Å². The van der Waals surface area contributed by atoms with Gasteiger partial charge in [0, 0.05) is 24.4 Å². The molecule has 0 spiro atoms. The number of benzene rings is 1. The van der Waals surface area contributed by atoms with Crippen LogP contribution in [0.2, 0.25) is 0 Å². The van der Waals surface area contributed by atoms with Gasteiger partial charge in [-0.25, -0.2) is 4.98 Å². The van der Waals surface area contributed by atoms with Crippen molar-refractivity contribution in [2.45, 2.75) is 32.8 Å². The van der Waals surface area contributed by atoms with E-state index in [4.69, 9.17) is 9.84 Å². The largest absolute Gasteiger partial charge is 0.480 e. The van der Waals surface area contributed by atoms with Crippen LogP contribution in [-0.4, -0.2) is 46.1 Å². The number of hydrogen-bond donors (Lipinski definition) is 1. The summed E-state index contributed by atoms with van der Waals surface area (Å²) < 4.78 is 5.65. The van der Waals surface area contributed by atoms with Gasteiger partial charge in [0.2, 0.25) is 5.88 Å². The van der Waals surface area contributed by atoms with E-state index in [1.54, 1.807) is 12.1 Å². The van der Waals surface area contributed by atoms with E-state index in [0.29, 0.717) is 24.4 Å². The first-order valence-corrected chi connectivity index (χ1v) is 8.67. The Hall–Kier alpha value is -2.89. The SMILES string of the molecule is CCC(C)Oc1cc(C(=O)N(CCc2ccccc2)CC(=O)O)ccn1. The Morgan fingerprint density at radius 1 is 1.23 bits per heavy atom. The van der Waals surface area contributed by atoms with E-state index >= 15 is 0 Å². The predicted octanol–water partition coefficient (Wildman–Crippen LogP) is 3.03. The zero-order valence-electron chi connectivity index (χ0n) is 15.1. The highest BCUT2D eigenvalue weighted by molar-refractivity contribution is 5.96. The molecule has 6 heteroatoms. The monoisotopic (exact) mass is 356 g/mol. The summed E-state index contributed by atoms with van der Waals surface area (Å²) in [5.41, 5.74) is 1.42. The van der Waals surface area contributed by atoms with Gasteiger partial charge in [0.1, 0.15) is 6.54 Å². The van der Waals surface area contributed by atoms with Gasteiger partial charge < -0.3 is 14.7 Å². The Morgan fingerprint density at radius 2 is 1.96 bits per heavy atom. The topological polar surface area (TPSA) is 79.7 Å². The van der Waals surface area contributed by atoms with E-state index in [1.807, 2.05) is 44.2 Å². The highest BCUT2D eigenvalue weighted by atomic mass is 16.5. The van der Waals surface area contributed by atoms with Crippen LogP contribution in [0.3, 0.4) is 0 Å². The number of rotatable bonds is 9. The van der Waals surface area contributed by atoms with E-state index in [2.05, 4.69) is 4.98 Å².